The van der Waals surface area contributed by atoms with E-state index in [0.717, 1.165) is 0 Å². The molecule has 2 amide bonds. The van der Waals surface area contributed by atoms with Crippen LogP contribution in [0.25, 0.3) is 0 Å². The topological polar surface area (TPSA) is 61.4 Å². The number of nitrogens with zero attached hydrogens (tertiary/aromatic N) is 1. The Labute approximate surface area is 114 Å². The summed E-state index contributed by atoms with van der Waals surface area (Å²) in [5.41, 5.74) is -2.34. The highest BCUT2D eigenvalue weighted by molar-refractivity contribution is 5.85. The van der Waals surface area contributed by atoms with Crippen molar-refractivity contribution < 1.29 is 22.8 Å². The fraction of sp³-hybridized carbons (Fsp3) is 0.833. The van der Waals surface area contributed by atoms with Gasteiger partial charge in [-0.2, -0.15) is 13.2 Å². The van der Waals surface area contributed by atoms with Crippen LogP contribution in [0, 0.1) is 5.41 Å². The number of likely N-dealkylation sites (tertiary alicyclic amines) is 1. The molecule has 8 heteroatoms. The van der Waals surface area contributed by atoms with Gasteiger partial charge in [0.1, 0.15) is 0 Å². The second-order valence-corrected chi connectivity index (χ2v) is 5.49. The van der Waals surface area contributed by atoms with E-state index in [1.165, 1.54) is 4.90 Å². The summed E-state index contributed by atoms with van der Waals surface area (Å²) in [5.74, 6) is -1.04. The molecule has 0 aliphatic carbocycles. The van der Waals surface area contributed by atoms with Crippen molar-refractivity contribution in [3.05, 3.63) is 0 Å². The summed E-state index contributed by atoms with van der Waals surface area (Å²) in [7, 11) is 1.58. The van der Waals surface area contributed by atoms with Gasteiger partial charge in [0.2, 0.25) is 11.8 Å². The molecule has 0 aromatic heterocycles. The predicted octanol–water partition coefficient (Wildman–Crippen LogP) is 0.265. The lowest BCUT2D eigenvalue weighted by molar-refractivity contribution is -0.216. The van der Waals surface area contributed by atoms with E-state index in [-0.39, 0.29) is 38.4 Å². The largest absolute Gasteiger partial charge is 0.404 e. The van der Waals surface area contributed by atoms with E-state index in [9.17, 15) is 22.8 Å². The van der Waals surface area contributed by atoms with E-state index in [1.54, 1.807) is 7.05 Å². The fourth-order valence-corrected chi connectivity index (χ4v) is 2.71. The van der Waals surface area contributed by atoms with Gasteiger partial charge in [0.25, 0.3) is 0 Å². The molecule has 2 atom stereocenters. The third kappa shape index (κ3) is 2.61. The Balaban J connectivity index is 2.05. The minimum atomic E-state index is -4.57. The van der Waals surface area contributed by atoms with E-state index in [0.29, 0.717) is 6.42 Å². The zero-order valence-electron chi connectivity index (χ0n) is 11.2. The summed E-state index contributed by atoms with van der Waals surface area (Å²) in [6.45, 7) is 0.0474. The average Bonchev–Trinajstić information content (AvgIpc) is 2.84. The maximum Gasteiger partial charge on any atom is 0.404 e. The van der Waals surface area contributed by atoms with Gasteiger partial charge in [0.05, 0.1) is 0 Å². The van der Waals surface area contributed by atoms with Crippen molar-refractivity contribution in [1.29, 1.82) is 0 Å². The van der Waals surface area contributed by atoms with Gasteiger partial charge < -0.3 is 15.5 Å². The Morgan fingerprint density at radius 2 is 2.20 bits per heavy atom. The minimum absolute atomic E-state index is 0.0523. The summed E-state index contributed by atoms with van der Waals surface area (Å²) in [6.07, 6.45) is -4.18. The van der Waals surface area contributed by atoms with Crippen molar-refractivity contribution in [3.63, 3.8) is 0 Å². The quantitative estimate of drug-likeness (QED) is 0.768. The van der Waals surface area contributed by atoms with E-state index in [1.807, 2.05) is 0 Å². The summed E-state index contributed by atoms with van der Waals surface area (Å²) in [5, 5.41) is 5.07. The molecule has 0 saturated carbocycles. The minimum Gasteiger partial charge on any atom is -0.351 e. The Morgan fingerprint density at radius 1 is 1.50 bits per heavy atom. The second kappa shape index (κ2) is 5.23. The average molecular weight is 293 g/mol. The van der Waals surface area contributed by atoms with Gasteiger partial charge in [-0.1, -0.05) is 0 Å². The molecule has 0 bridgehead atoms. The highest BCUT2D eigenvalue weighted by Gasteiger charge is 2.61. The highest BCUT2D eigenvalue weighted by atomic mass is 19.4. The number of rotatable bonds is 2. The smallest absolute Gasteiger partial charge is 0.351 e. The van der Waals surface area contributed by atoms with Crippen molar-refractivity contribution in [2.75, 3.05) is 26.7 Å². The van der Waals surface area contributed by atoms with Crippen LogP contribution in [-0.4, -0.2) is 55.6 Å². The molecular formula is C12H18F3N3O2. The van der Waals surface area contributed by atoms with Crippen LogP contribution in [0.1, 0.15) is 19.3 Å². The van der Waals surface area contributed by atoms with Crippen LogP contribution < -0.4 is 10.6 Å². The molecule has 0 radical (unpaired) electrons. The first-order chi connectivity index (χ1) is 9.26. The molecular weight excluding hydrogens is 275 g/mol. The number of carbonyl (C=O) groups is 2. The van der Waals surface area contributed by atoms with Gasteiger partial charge in [-0.15, -0.1) is 0 Å². The van der Waals surface area contributed by atoms with E-state index < -0.39 is 23.5 Å². The highest BCUT2D eigenvalue weighted by Crippen LogP contribution is 2.43. The standard InChI is InChI=1S/C12H18F3N3O2/c1-18-6-8(2-3-9(18)19)17-10(20)11(12(13,14)15)4-5-16-7-11/h8,16H,2-7H2,1H3,(H,17,20). The molecule has 5 nitrogen and oxygen atoms in total. The first-order valence-corrected chi connectivity index (χ1v) is 6.59. The number of alkyl halides is 3. The molecule has 2 heterocycles. The zero-order chi connectivity index (χ0) is 15.0. The SMILES string of the molecule is CN1CC(NC(=O)C2(C(F)(F)F)CCNC2)CCC1=O. The van der Waals surface area contributed by atoms with Crippen molar-refractivity contribution >= 4 is 11.8 Å². The number of likely N-dealkylation sites (N-methyl/N-ethyl adjacent to an activating group) is 1. The first-order valence-electron chi connectivity index (χ1n) is 6.59. The molecule has 20 heavy (non-hydrogen) atoms. The number of piperidine rings is 1. The van der Waals surface area contributed by atoms with Crippen LogP contribution >= 0.6 is 0 Å². The van der Waals surface area contributed by atoms with Crippen LogP contribution in [0.2, 0.25) is 0 Å². The number of halogens is 3. The number of hydrogen-bond acceptors (Lipinski definition) is 3. The number of carbonyl (C=O) groups excluding carboxylic acids is 2. The van der Waals surface area contributed by atoms with Crippen LogP contribution in [0.3, 0.4) is 0 Å². The summed E-state index contributed by atoms with van der Waals surface area (Å²) in [4.78, 5) is 24.9. The molecule has 2 N–H and O–H groups in total. The first kappa shape index (κ1) is 15.1. The van der Waals surface area contributed by atoms with E-state index in [4.69, 9.17) is 0 Å². The van der Waals surface area contributed by atoms with Gasteiger partial charge in [0.15, 0.2) is 5.41 Å². The second-order valence-electron chi connectivity index (χ2n) is 5.49. The molecule has 0 spiro atoms. The lowest BCUT2D eigenvalue weighted by Gasteiger charge is -2.34. The Hall–Kier alpha value is -1.31. The maximum absolute atomic E-state index is 13.2. The third-order valence-electron chi connectivity index (χ3n) is 4.09. The molecule has 2 unspecified atom stereocenters. The van der Waals surface area contributed by atoms with Gasteiger partial charge in [-0.3, -0.25) is 9.59 Å². The van der Waals surface area contributed by atoms with Crippen LogP contribution in [-0.2, 0) is 9.59 Å². The number of hydrogen-bond donors (Lipinski definition) is 2. The lowest BCUT2D eigenvalue weighted by Crippen LogP contribution is -2.57. The van der Waals surface area contributed by atoms with Crippen LogP contribution in [0.5, 0.6) is 0 Å². The molecule has 2 aliphatic heterocycles. The molecule has 2 saturated heterocycles. The van der Waals surface area contributed by atoms with Crippen molar-refractivity contribution in [2.24, 2.45) is 5.41 Å². The number of nitrogens with one attached hydrogen (secondary N) is 2. The summed E-state index contributed by atoms with van der Waals surface area (Å²) < 4.78 is 39.6. The zero-order valence-corrected chi connectivity index (χ0v) is 11.2. The van der Waals surface area contributed by atoms with Crippen molar-refractivity contribution in [3.8, 4) is 0 Å². The Bertz CT molecular complexity index is 405. The molecule has 2 rings (SSSR count). The molecule has 0 aromatic rings. The molecule has 2 aliphatic rings. The summed E-state index contributed by atoms with van der Waals surface area (Å²) in [6, 6.07) is -0.412. The fourth-order valence-electron chi connectivity index (χ4n) is 2.71. The monoisotopic (exact) mass is 293 g/mol. The van der Waals surface area contributed by atoms with Crippen LogP contribution in [0.15, 0.2) is 0 Å². The molecule has 0 aromatic carbocycles. The van der Waals surface area contributed by atoms with Gasteiger partial charge in [0, 0.05) is 32.6 Å². The number of amides is 2. The normalized spacial score (nSPS) is 31.5. The van der Waals surface area contributed by atoms with Gasteiger partial charge in [-0.05, 0) is 19.4 Å². The molecule has 2 fully saturated rings. The van der Waals surface area contributed by atoms with Crippen molar-refractivity contribution in [1.82, 2.24) is 15.5 Å². The van der Waals surface area contributed by atoms with Crippen LogP contribution in [0.4, 0.5) is 13.2 Å². The Morgan fingerprint density at radius 3 is 2.70 bits per heavy atom. The van der Waals surface area contributed by atoms with Crippen molar-refractivity contribution in [2.45, 2.75) is 31.5 Å². The third-order valence-corrected chi connectivity index (χ3v) is 4.09. The Kier molecular flexibility index (Phi) is 3.95. The molecule has 114 valence electrons. The van der Waals surface area contributed by atoms with E-state index >= 15 is 0 Å². The van der Waals surface area contributed by atoms with Gasteiger partial charge >= 0.3 is 6.18 Å². The summed E-state index contributed by atoms with van der Waals surface area (Å²) >= 11 is 0. The lowest BCUT2D eigenvalue weighted by atomic mass is 9.84. The van der Waals surface area contributed by atoms with Gasteiger partial charge in [-0.25, -0.2) is 0 Å². The maximum atomic E-state index is 13.2. The van der Waals surface area contributed by atoms with E-state index in [2.05, 4.69) is 10.6 Å². The predicted molar refractivity (Wildman–Crippen MR) is 64.8 cm³/mol.